The molecule has 0 amide bonds. The van der Waals surface area contributed by atoms with Crippen LogP contribution in [-0.4, -0.2) is 4.57 Å². The van der Waals surface area contributed by atoms with Crippen molar-refractivity contribution in [2.24, 2.45) is 0 Å². The molecule has 0 radical (unpaired) electrons. The van der Waals surface area contributed by atoms with Crippen molar-refractivity contribution in [3.8, 4) is 61.3 Å². The van der Waals surface area contributed by atoms with Gasteiger partial charge in [0.1, 0.15) is 0 Å². The molecule has 1 aliphatic heterocycles. The van der Waals surface area contributed by atoms with Crippen LogP contribution in [0.5, 0.6) is 0 Å². The van der Waals surface area contributed by atoms with Crippen LogP contribution in [-0.2, 0) is 6.42 Å². The second-order valence-corrected chi connectivity index (χ2v) is 17.8. The highest BCUT2D eigenvalue weighted by Crippen LogP contribution is 2.47. The molecular weight excluding hydrogens is 809 g/mol. The monoisotopic (exact) mass is 852 g/mol. The molecule has 0 saturated heterocycles. The maximum atomic E-state index is 2.45. The van der Waals surface area contributed by atoms with Crippen LogP contribution >= 0.6 is 0 Å². The van der Waals surface area contributed by atoms with E-state index in [0.717, 1.165) is 17.8 Å². The van der Waals surface area contributed by atoms with Gasteiger partial charge in [-0.1, -0.05) is 176 Å². The molecule has 12 aromatic rings. The van der Waals surface area contributed by atoms with Gasteiger partial charge in [-0.15, -0.1) is 0 Å². The Morgan fingerprint density at radius 3 is 1.18 bits per heavy atom. The molecule has 0 bridgehead atoms. The van der Waals surface area contributed by atoms with Gasteiger partial charge < -0.3 is 9.47 Å². The van der Waals surface area contributed by atoms with E-state index in [1.165, 1.54) is 111 Å². The summed E-state index contributed by atoms with van der Waals surface area (Å²) >= 11 is 0. The van der Waals surface area contributed by atoms with Gasteiger partial charge in [0.2, 0.25) is 0 Å². The SMILES string of the molecule is c1ccc(-c2ccc(N3c4ccc(-c5ccc(-n6c7ccc(-c8ccccc8)cc7c7cc(-c8ccccc8)ccc76)cc5)cc4Cc4cc(-c5ccc6ccccc6c5)ccc43)cc2)cc1. The van der Waals surface area contributed by atoms with Crippen LogP contribution in [0, 0.1) is 0 Å². The molecule has 11 aromatic carbocycles. The average Bonchev–Trinajstić information content (AvgIpc) is 3.73. The first-order chi connectivity index (χ1) is 33.2. The van der Waals surface area contributed by atoms with Gasteiger partial charge in [0.25, 0.3) is 0 Å². The lowest BCUT2D eigenvalue weighted by Crippen LogP contribution is -2.18. The number of anilines is 3. The number of aromatic nitrogens is 1. The zero-order valence-corrected chi connectivity index (χ0v) is 36.9. The van der Waals surface area contributed by atoms with E-state index in [1.54, 1.807) is 0 Å². The van der Waals surface area contributed by atoms with Crippen LogP contribution < -0.4 is 4.90 Å². The van der Waals surface area contributed by atoms with Crippen molar-refractivity contribution in [2.45, 2.75) is 6.42 Å². The number of nitrogens with zero attached hydrogens (tertiary/aromatic N) is 2. The third-order valence-corrected chi connectivity index (χ3v) is 13.8. The first kappa shape index (κ1) is 38.7. The summed E-state index contributed by atoms with van der Waals surface area (Å²) in [5.41, 5.74) is 21.9. The molecule has 0 N–H and O–H groups in total. The number of hydrogen-bond donors (Lipinski definition) is 0. The van der Waals surface area contributed by atoms with Crippen LogP contribution in [0.2, 0.25) is 0 Å². The van der Waals surface area contributed by atoms with Crippen LogP contribution in [0.3, 0.4) is 0 Å². The first-order valence-corrected chi connectivity index (χ1v) is 23.2. The highest BCUT2D eigenvalue weighted by Gasteiger charge is 2.26. The van der Waals surface area contributed by atoms with Gasteiger partial charge in [-0.05, 0) is 156 Å². The van der Waals surface area contributed by atoms with E-state index in [1.807, 2.05) is 0 Å². The first-order valence-electron chi connectivity index (χ1n) is 23.2. The van der Waals surface area contributed by atoms with Crippen molar-refractivity contribution < 1.29 is 0 Å². The fraction of sp³-hybridized carbons (Fsp3) is 0.0154. The molecule has 2 heteroatoms. The van der Waals surface area contributed by atoms with Crippen molar-refractivity contribution >= 4 is 49.6 Å². The zero-order valence-electron chi connectivity index (χ0n) is 36.9. The van der Waals surface area contributed by atoms with Gasteiger partial charge in [0, 0.05) is 39.9 Å². The summed E-state index contributed by atoms with van der Waals surface area (Å²) in [6.45, 7) is 0. The molecular formula is C65H44N2. The predicted molar refractivity (Wildman–Crippen MR) is 283 cm³/mol. The van der Waals surface area contributed by atoms with Gasteiger partial charge in [-0.2, -0.15) is 0 Å². The van der Waals surface area contributed by atoms with Crippen LogP contribution in [0.25, 0.3) is 93.9 Å². The average molecular weight is 853 g/mol. The van der Waals surface area contributed by atoms with Crippen molar-refractivity contribution in [1.82, 2.24) is 4.57 Å². The molecule has 67 heavy (non-hydrogen) atoms. The second-order valence-electron chi connectivity index (χ2n) is 17.8. The summed E-state index contributed by atoms with van der Waals surface area (Å²) in [4.78, 5) is 2.45. The van der Waals surface area contributed by atoms with E-state index in [0.29, 0.717) is 0 Å². The van der Waals surface area contributed by atoms with Gasteiger partial charge in [0.05, 0.1) is 11.0 Å². The minimum Gasteiger partial charge on any atom is -0.310 e. The molecule has 2 heterocycles. The van der Waals surface area contributed by atoms with Crippen molar-refractivity contribution in [3.05, 3.63) is 266 Å². The summed E-state index contributed by atoms with van der Waals surface area (Å²) in [7, 11) is 0. The Morgan fingerprint density at radius 1 is 0.254 bits per heavy atom. The van der Waals surface area contributed by atoms with E-state index >= 15 is 0 Å². The third-order valence-electron chi connectivity index (χ3n) is 13.8. The largest absolute Gasteiger partial charge is 0.310 e. The fourth-order valence-electron chi connectivity index (χ4n) is 10.4. The van der Waals surface area contributed by atoms with Crippen LogP contribution in [0.15, 0.2) is 255 Å². The summed E-state index contributed by atoms with van der Waals surface area (Å²) in [6, 6.07) is 93.5. The molecule has 0 fully saturated rings. The maximum absolute atomic E-state index is 2.45. The van der Waals surface area contributed by atoms with Gasteiger partial charge in [0.15, 0.2) is 0 Å². The van der Waals surface area contributed by atoms with Gasteiger partial charge in [-0.3, -0.25) is 0 Å². The fourth-order valence-corrected chi connectivity index (χ4v) is 10.4. The van der Waals surface area contributed by atoms with E-state index in [2.05, 4.69) is 264 Å². The number of rotatable bonds is 7. The Bertz CT molecular complexity index is 3700. The van der Waals surface area contributed by atoms with Gasteiger partial charge >= 0.3 is 0 Å². The van der Waals surface area contributed by atoms with E-state index < -0.39 is 0 Å². The lowest BCUT2D eigenvalue weighted by molar-refractivity contribution is 1.09. The Balaban J connectivity index is 0.892. The van der Waals surface area contributed by atoms with E-state index in [4.69, 9.17) is 0 Å². The number of hydrogen-bond acceptors (Lipinski definition) is 1. The molecule has 1 aromatic heterocycles. The predicted octanol–water partition coefficient (Wildman–Crippen LogP) is 17.6. The second kappa shape index (κ2) is 16.1. The molecule has 314 valence electrons. The number of fused-ring (bicyclic) bond motifs is 6. The Labute approximate surface area is 390 Å². The Morgan fingerprint density at radius 2 is 0.627 bits per heavy atom. The van der Waals surface area contributed by atoms with Gasteiger partial charge in [-0.25, -0.2) is 0 Å². The maximum Gasteiger partial charge on any atom is 0.0541 e. The van der Waals surface area contributed by atoms with Crippen molar-refractivity contribution in [2.75, 3.05) is 4.90 Å². The number of benzene rings is 11. The molecule has 2 nitrogen and oxygen atoms in total. The molecule has 0 spiro atoms. The minimum atomic E-state index is 0.841. The highest BCUT2D eigenvalue weighted by atomic mass is 15.2. The molecule has 0 saturated carbocycles. The summed E-state index contributed by atoms with van der Waals surface area (Å²) in [6.07, 6.45) is 0.841. The summed E-state index contributed by atoms with van der Waals surface area (Å²) in [5, 5.41) is 5.01. The molecule has 0 unspecified atom stereocenters. The lowest BCUT2D eigenvalue weighted by Gasteiger charge is -2.34. The van der Waals surface area contributed by atoms with E-state index in [9.17, 15) is 0 Å². The van der Waals surface area contributed by atoms with E-state index in [-0.39, 0.29) is 0 Å². The smallest absolute Gasteiger partial charge is 0.0541 e. The molecule has 0 aliphatic carbocycles. The summed E-state index contributed by atoms with van der Waals surface area (Å²) < 4.78 is 2.43. The highest BCUT2D eigenvalue weighted by molar-refractivity contribution is 6.11. The molecule has 13 rings (SSSR count). The third kappa shape index (κ3) is 6.90. The quantitative estimate of drug-likeness (QED) is 0.155. The van der Waals surface area contributed by atoms with Crippen molar-refractivity contribution in [1.29, 1.82) is 0 Å². The standard InChI is InChI=1S/C65H44N2/c1-4-12-44(13-5-1)48-22-30-58(31-23-48)66-62-34-26-51(39-56(62)41-57-40-53(27-35-63(57)66)52-21-20-47-18-10-11-19-50(47)38-52)49-24-32-59(33-25-49)67-64-36-28-54(45-14-6-2-7-15-45)42-60(64)61-43-55(29-37-65(61)67)46-16-8-3-9-17-46/h1-40,42-43H,41H2. The topological polar surface area (TPSA) is 8.17 Å². The zero-order chi connectivity index (χ0) is 44.3. The Hall–Kier alpha value is -8.72. The van der Waals surface area contributed by atoms with Crippen molar-refractivity contribution in [3.63, 3.8) is 0 Å². The normalized spacial score (nSPS) is 12.1. The van der Waals surface area contributed by atoms with Crippen LogP contribution in [0.4, 0.5) is 17.1 Å². The molecule has 1 aliphatic rings. The Kier molecular flexibility index (Phi) is 9.28. The molecule has 0 atom stereocenters. The van der Waals surface area contributed by atoms with Crippen LogP contribution in [0.1, 0.15) is 11.1 Å². The summed E-state index contributed by atoms with van der Waals surface area (Å²) in [5.74, 6) is 0. The minimum absolute atomic E-state index is 0.841. The lowest BCUT2D eigenvalue weighted by atomic mass is 9.89.